The Kier molecular flexibility index (Phi) is 10.0. The number of carbonyl (C=O) groups excluding carboxylic acids is 2. The first-order valence-corrected chi connectivity index (χ1v) is 14.0. The zero-order chi connectivity index (χ0) is 28.5. The second-order valence-electron chi connectivity index (χ2n) is 10.2. The van der Waals surface area contributed by atoms with Crippen LogP contribution in [0.3, 0.4) is 0 Å². The van der Waals surface area contributed by atoms with Gasteiger partial charge in [-0.2, -0.15) is 0 Å². The molecule has 0 saturated heterocycles. The molecule has 2 atom stereocenters. The van der Waals surface area contributed by atoms with E-state index < -0.39 is 28.9 Å². The summed E-state index contributed by atoms with van der Waals surface area (Å²) in [6.07, 6.45) is 4.62. The van der Waals surface area contributed by atoms with E-state index in [4.69, 9.17) is 4.74 Å². The molecule has 8 nitrogen and oxygen atoms in total. The summed E-state index contributed by atoms with van der Waals surface area (Å²) in [6, 6.07) is 19.9. The molecule has 1 amide bonds. The maximum atomic E-state index is 13.4. The van der Waals surface area contributed by atoms with Gasteiger partial charge in [0.05, 0.1) is 11.5 Å². The highest BCUT2D eigenvalue weighted by Crippen LogP contribution is 2.46. The summed E-state index contributed by atoms with van der Waals surface area (Å²) >= 11 is 0. The highest BCUT2D eigenvalue weighted by molar-refractivity contribution is 5.88. The zero-order valence-electron chi connectivity index (χ0n) is 22.8. The number of carbonyl (C=O) groups is 2. The molecule has 0 radical (unpaired) electrons. The summed E-state index contributed by atoms with van der Waals surface area (Å²) in [5.41, 5.74) is 4.12. The van der Waals surface area contributed by atoms with Gasteiger partial charge in [0.2, 0.25) is 5.91 Å². The summed E-state index contributed by atoms with van der Waals surface area (Å²) in [5.74, 6) is -1.40. The van der Waals surface area contributed by atoms with Gasteiger partial charge in [-0.1, -0.05) is 99.7 Å². The largest absolute Gasteiger partial charge is 0.464 e. The number of amides is 1. The number of nitrogens with zero attached hydrogens (tertiary/aromatic N) is 1. The Morgan fingerprint density at radius 1 is 0.925 bits per heavy atom. The van der Waals surface area contributed by atoms with Crippen molar-refractivity contribution in [2.45, 2.75) is 69.9 Å². The number of non-ortho nitro benzene ring substituents is 1. The lowest BCUT2D eigenvalue weighted by molar-refractivity contribution is -0.385. The Bertz CT molecular complexity index is 1290. The first kappa shape index (κ1) is 29.0. The second kappa shape index (κ2) is 13.8. The van der Waals surface area contributed by atoms with Gasteiger partial charge in [0.15, 0.2) is 6.04 Å². The molecule has 210 valence electrons. The summed E-state index contributed by atoms with van der Waals surface area (Å²) in [6.45, 7) is 2.31. The molecule has 0 aromatic heterocycles. The molecule has 1 aliphatic carbocycles. The van der Waals surface area contributed by atoms with E-state index in [0.717, 1.165) is 47.9 Å². The molecule has 8 heteroatoms. The Labute approximate surface area is 234 Å². The van der Waals surface area contributed by atoms with Crippen LogP contribution in [0.1, 0.15) is 80.6 Å². The molecule has 0 heterocycles. The van der Waals surface area contributed by atoms with Gasteiger partial charge in [-0.25, -0.2) is 4.79 Å². The highest BCUT2D eigenvalue weighted by atomic mass is 16.6. The lowest BCUT2D eigenvalue weighted by Gasteiger charge is -2.24. The number of esters is 1. The van der Waals surface area contributed by atoms with Crippen LogP contribution in [0.5, 0.6) is 0 Å². The minimum absolute atomic E-state index is 0.0664. The minimum Gasteiger partial charge on any atom is -0.464 e. The normalized spacial score (nSPS) is 13.7. The van der Waals surface area contributed by atoms with Crippen molar-refractivity contribution in [2.75, 3.05) is 6.61 Å². The van der Waals surface area contributed by atoms with Crippen LogP contribution < -0.4 is 5.32 Å². The van der Waals surface area contributed by atoms with Crippen molar-refractivity contribution in [1.82, 2.24) is 5.32 Å². The molecule has 0 spiro atoms. The SMILES string of the molecule is CCCCCCCCOC(=O)[C@@H](NC(=O)CC1c2ccccc2-c2ccccc21)[C@H](O)c1cccc([N+](=O)[O-])c1. The molecule has 4 rings (SSSR count). The van der Waals surface area contributed by atoms with E-state index in [0.29, 0.717) is 6.42 Å². The fraction of sp³-hybridized carbons (Fsp3) is 0.375. The van der Waals surface area contributed by atoms with Crippen molar-refractivity contribution in [3.8, 4) is 11.1 Å². The van der Waals surface area contributed by atoms with Gasteiger partial charge in [-0.15, -0.1) is 0 Å². The molecule has 0 unspecified atom stereocenters. The van der Waals surface area contributed by atoms with E-state index in [1.165, 1.54) is 30.7 Å². The third-order valence-corrected chi connectivity index (χ3v) is 7.40. The second-order valence-corrected chi connectivity index (χ2v) is 10.2. The zero-order valence-corrected chi connectivity index (χ0v) is 22.8. The van der Waals surface area contributed by atoms with Gasteiger partial charge in [0, 0.05) is 24.5 Å². The molecule has 2 N–H and O–H groups in total. The van der Waals surface area contributed by atoms with Gasteiger partial charge in [0.1, 0.15) is 6.10 Å². The third kappa shape index (κ3) is 6.93. The lowest BCUT2D eigenvalue weighted by atomic mass is 9.93. The van der Waals surface area contributed by atoms with Gasteiger partial charge in [-0.3, -0.25) is 14.9 Å². The number of nitro benzene ring substituents is 1. The predicted molar refractivity (Wildman–Crippen MR) is 153 cm³/mol. The third-order valence-electron chi connectivity index (χ3n) is 7.40. The van der Waals surface area contributed by atoms with E-state index in [2.05, 4.69) is 12.2 Å². The number of hydrogen-bond donors (Lipinski definition) is 2. The highest BCUT2D eigenvalue weighted by Gasteiger charge is 2.35. The van der Waals surface area contributed by atoms with E-state index in [1.807, 2.05) is 48.5 Å². The van der Waals surface area contributed by atoms with Crippen LogP contribution in [-0.4, -0.2) is 34.6 Å². The van der Waals surface area contributed by atoms with Gasteiger partial charge in [-0.05, 0) is 34.2 Å². The molecule has 0 bridgehead atoms. The Morgan fingerprint density at radius 2 is 1.55 bits per heavy atom. The molecule has 0 fully saturated rings. The van der Waals surface area contributed by atoms with Gasteiger partial charge in [0.25, 0.3) is 5.69 Å². The molecule has 0 aliphatic heterocycles. The number of aliphatic hydroxyl groups is 1. The first-order valence-electron chi connectivity index (χ1n) is 14.0. The van der Waals surface area contributed by atoms with E-state index in [9.17, 15) is 24.8 Å². The maximum Gasteiger partial charge on any atom is 0.331 e. The fourth-order valence-electron chi connectivity index (χ4n) is 5.32. The van der Waals surface area contributed by atoms with Gasteiger partial charge >= 0.3 is 5.97 Å². The molecular formula is C32H36N2O6. The van der Waals surface area contributed by atoms with Crippen LogP contribution in [0.25, 0.3) is 11.1 Å². The van der Waals surface area contributed by atoms with Crippen LogP contribution in [0.4, 0.5) is 5.69 Å². The van der Waals surface area contributed by atoms with Crippen LogP contribution in [0.2, 0.25) is 0 Å². The average Bonchev–Trinajstić information content (AvgIpc) is 3.28. The fourth-order valence-corrected chi connectivity index (χ4v) is 5.32. The van der Waals surface area contributed by atoms with Crippen LogP contribution in [0.15, 0.2) is 72.8 Å². The molecule has 0 saturated carbocycles. The number of nitrogens with one attached hydrogen (secondary N) is 1. The van der Waals surface area contributed by atoms with Crippen molar-refractivity contribution in [3.05, 3.63) is 99.6 Å². The average molecular weight is 545 g/mol. The number of rotatable bonds is 14. The number of fused-ring (bicyclic) bond motifs is 3. The smallest absolute Gasteiger partial charge is 0.331 e. The van der Waals surface area contributed by atoms with Crippen molar-refractivity contribution < 1.29 is 24.4 Å². The number of benzene rings is 3. The number of aliphatic hydroxyl groups excluding tert-OH is 1. The standard InChI is InChI=1S/C32H36N2O6/c1-2-3-4-5-6-11-19-40-32(37)30(31(36)22-13-12-14-23(20-22)34(38)39)33-29(35)21-28-26-17-9-7-15-24(26)25-16-8-10-18-27(25)28/h7-10,12-18,20,28,30-31,36H,2-6,11,19,21H2,1H3,(H,33,35)/t30-,31+/m0/s1. The predicted octanol–water partition coefficient (Wildman–Crippen LogP) is 6.22. The van der Waals surface area contributed by atoms with Crippen LogP contribution in [0, 0.1) is 10.1 Å². The minimum atomic E-state index is -1.52. The van der Waals surface area contributed by atoms with Crippen molar-refractivity contribution in [1.29, 1.82) is 0 Å². The first-order chi connectivity index (χ1) is 19.4. The van der Waals surface area contributed by atoms with Crippen molar-refractivity contribution in [2.24, 2.45) is 0 Å². The topological polar surface area (TPSA) is 119 Å². The summed E-state index contributed by atoms with van der Waals surface area (Å²) in [7, 11) is 0. The Morgan fingerprint density at radius 3 is 2.20 bits per heavy atom. The van der Waals surface area contributed by atoms with E-state index in [-0.39, 0.29) is 30.2 Å². The molecule has 40 heavy (non-hydrogen) atoms. The molecule has 3 aromatic rings. The number of unbranched alkanes of at least 4 members (excludes halogenated alkanes) is 5. The lowest BCUT2D eigenvalue weighted by Crippen LogP contribution is -2.46. The summed E-state index contributed by atoms with van der Waals surface area (Å²) in [4.78, 5) is 37.2. The van der Waals surface area contributed by atoms with Crippen LogP contribution >= 0.6 is 0 Å². The quantitative estimate of drug-likeness (QED) is 0.108. The number of hydrogen-bond acceptors (Lipinski definition) is 6. The molecule has 1 aliphatic rings. The van der Waals surface area contributed by atoms with Crippen molar-refractivity contribution in [3.63, 3.8) is 0 Å². The molecule has 3 aromatic carbocycles. The van der Waals surface area contributed by atoms with Crippen LogP contribution in [-0.2, 0) is 14.3 Å². The monoisotopic (exact) mass is 544 g/mol. The Hall–Kier alpha value is -4.04. The Balaban J connectivity index is 1.49. The number of ether oxygens (including phenoxy) is 1. The maximum absolute atomic E-state index is 13.4. The molecular weight excluding hydrogens is 508 g/mol. The summed E-state index contributed by atoms with van der Waals surface area (Å²) in [5, 5.41) is 25.1. The van der Waals surface area contributed by atoms with E-state index >= 15 is 0 Å². The number of nitro groups is 1. The summed E-state index contributed by atoms with van der Waals surface area (Å²) < 4.78 is 5.47. The van der Waals surface area contributed by atoms with E-state index in [1.54, 1.807) is 0 Å². The van der Waals surface area contributed by atoms with Gasteiger partial charge < -0.3 is 15.2 Å². The van der Waals surface area contributed by atoms with Crippen molar-refractivity contribution >= 4 is 17.6 Å².